The molecule has 0 aromatic heterocycles. The second-order valence-corrected chi connectivity index (χ2v) is 3.08. The van der Waals surface area contributed by atoms with Gasteiger partial charge in [0, 0.05) is 53.8 Å². The molecule has 3 heteroatoms. The average molecular weight is 481 g/mol. The van der Waals surface area contributed by atoms with E-state index in [0.29, 0.717) is 0 Å². The topological polar surface area (TPSA) is 0 Å². The Hall–Kier alpha value is 1.10. The predicted octanol–water partition coefficient (Wildman–Crippen LogP) is 3.09. The van der Waals surface area contributed by atoms with Crippen LogP contribution in [-0.2, 0) is 53.8 Å². The molecule has 0 saturated heterocycles. The zero-order valence-electron chi connectivity index (χ0n) is 7.30. The maximum atomic E-state index is 3.56. The molecule has 0 saturated carbocycles. The summed E-state index contributed by atoms with van der Waals surface area (Å²) in [4.78, 5) is 0. The molecule has 0 spiro atoms. The van der Waals surface area contributed by atoms with Crippen molar-refractivity contribution in [3.63, 3.8) is 0 Å². The maximum absolute atomic E-state index is 3.56. The molecule has 0 fully saturated rings. The van der Waals surface area contributed by atoms with Crippen LogP contribution < -0.4 is 0 Å². The van der Waals surface area contributed by atoms with Gasteiger partial charge in [-0.15, -0.1) is 11.4 Å². The smallest absolute Gasteiger partial charge is 0 e. The molecule has 0 nitrogen and oxygen atoms in total. The molecule has 0 unspecified atom stereocenters. The van der Waals surface area contributed by atoms with E-state index in [4.69, 9.17) is 0 Å². The van der Waals surface area contributed by atoms with Gasteiger partial charge in [-0.1, -0.05) is 15.9 Å². The number of rotatable bonds is 1. The maximum Gasteiger partial charge on any atom is 0 e. The summed E-state index contributed by atoms with van der Waals surface area (Å²) in [5.41, 5.74) is 2.11. The van der Waals surface area contributed by atoms with Crippen molar-refractivity contribution in [1.82, 2.24) is 0 Å². The van der Waals surface area contributed by atoms with Crippen LogP contribution >= 0.6 is 15.9 Å². The summed E-state index contributed by atoms with van der Waals surface area (Å²) >= 11 is 3.42. The van der Waals surface area contributed by atoms with Gasteiger partial charge in [-0.3, -0.25) is 17.7 Å². The number of hydrogen-bond acceptors (Lipinski definition) is 0. The van der Waals surface area contributed by atoms with Crippen LogP contribution in [0.5, 0.6) is 0 Å². The SMILES string of the molecule is [CH2-]C=[C-]c1[c-]cc(C)c(Br)c1.[W].[Y]. The molecule has 0 amide bonds. The fourth-order valence-electron chi connectivity index (χ4n) is 0.730. The van der Waals surface area contributed by atoms with Crippen molar-refractivity contribution in [3.8, 4) is 0 Å². The van der Waals surface area contributed by atoms with Crippen LogP contribution in [0, 0.1) is 26.0 Å². The molecule has 0 aliphatic rings. The molecule has 0 atom stereocenters. The monoisotopic (exact) mass is 480 g/mol. The van der Waals surface area contributed by atoms with Gasteiger partial charge >= 0.3 is 0 Å². The first-order chi connectivity index (χ1) is 5.24. The van der Waals surface area contributed by atoms with Crippen molar-refractivity contribution in [2.45, 2.75) is 6.92 Å². The van der Waals surface area contributed by atoms with E-state index >= 15 is 0 Å². The van der Waals surface area contributed by atoms with E-state index in [0.717, 1.165) is 10.0 Å². The van der Waals surface area contributed by atoms with Crippen LogP contribution in [0.4, 0.5) is 0 Å². The van der Waals surface area contributed by atoms with Crippen LogP contribution in [0.3, 0.4) is 0 Å². The van der Waals surface area contributed by atoms with Crippen molar-refractivity contribution in [1.29, 1.82) is 0 Å². The molecule has 67 valence electrons. The third kappa shape index (κ3) is 5.52. The molecule has 0 N–H and O–H groups in total. The Kier molecular flexibility index (Phi) is 10.7. The van der Waals surface area contributed by atoms with Crippen LogP contribution in [0.15, 0.2) is 22.7 Å². The summed E-state index contributed by atoms with van der Waals surface area (Å²) < 4.78 is 1.08. The minimum Gasteiger partial charge on any atom is -0.400 e. The summed E-state index contributed by atoms with van der Waals surface area (Å²) in [5.74, 6) is 0. The molecule has 0 aliphatic heterocycles. The van der Waals surface area contributed by atoms with Crippen LogP contribution in [0.2, 0.25) is 0 Å². The molecule has 1 aromatic rings. The van der Waals surface area contributed by atoms with E-state index < -0.39 is 0 Å². The van der Waals surface area contributed by atoms with Crippen LogP contribution in [0.1, 0.15) is 11.1 Å². The van der Waals surface area contributed by atoms with Gasteiger partial charge < -0.3 is 13.0 Å². The van der Waals surface area contributed by atoms with Crippen molar-refractivity contribution in [3.05, 3.63) is 52.9 Å². The van der Waals surface area contributed by atoms with Crippen molar-refractivity contribution in [2.24, 2.45) is 0 Å². The second-order valence-electron chi connectivity index (χ2n) is 2.23. The minimum absolute atomic E-state index is 0. The standard InChI is InChI=1S/C10H8Br.W.Y/c1-3-4-9-6-5-8(2)10(11)7-9;;/h3,5,7H,1H2,2H3;;/q-3;;. The van der Waals surface area contributed by atoms with Gasteiger partial charge in [0.1, 0.15) is 0 Å². The summed E-state index contributed by atoms with van der Waals surface area (Å²) in [6, 6.07) is 6.96. The van der Waals surface area contributed by atoms with Gasteiger partial charge in [-0.25, -0.2) is 17.7 Å². The summed E-state index contributed by atoms with van der Waals surface area (Å²) in [5, 5.41) is 0. The fourth-order valence-corrected chi connectivity index (χ4v) is 1.07. The Morgan fingerprint density at radius 3 is 2.69 bits per heavy atom. The van der Waals surface area contributed by atoms with Gasteiger partial charge in [-0.05, 0) is 0 Å². The molecular formula is C10H8BrWY-3. The predicted molar refractivity (Wildman–Crippen MR) is 50.0 cm³/mol. The van der Waals surface area contributed by atoms with Gasteiger partial charge in [0.2, 0.25) is 0 Å². The molecule has 1 rings (SSSR count). The first-order valence-corrected chi connectivity index (χ1v) is 4.08. The number of benzene rings is 1. The molecule has 0 heterocycles. The Labute approximate surface area is 128 Å². The van der Waals surface area contributed by atoms with E-state index in [1.807, 2.05) is 19.1 Å². The van der Waals surface area contributed by atoms with Crippen LogP contribution in [-0.4, -0.2) is 0 Å². The Morgan fingerprint density at radius 2 is 2.23 bits per heavy atom. The Balaban J connectivity index is 0. The third-order valence-electron chi connectivity index (χ3n) is 1.35. The van der Waals surface area contributed by atoms with Crippen LogP contribution in [0.25, 0.3) is 0 Å². The Morgan fingerprint density at radius 1 is 1.62 bits per heavy atom. The second kappa shape index (κ2) is 8.41. The largest absolute Gasteiger partial charge is 0.400 e. The number of allylic oxidation sites excluding steroid dienone is 1. The van der Waals surface area contributed by atoms with Gasteiger partial charge in [0.15, 0.2) is 0 Å². The third-order valence-corrected chi connectivity index (χ3v) is 2.20. The zero-order valence-corrected chi connectivity index (χ0v) is 14.7. The number of aryl methyl sites for hydroxylation is 1. The first kappa shape index (κ1) is 16.5. The quantitative estimate of drug-likeness (QED) is 0.542. The zero-order chi connectivity index (χ0) is 8.27. The molecule has 13 heavy (non-hydrogen) atoms. The van der Waals surface area contributed by atoms with E-state index in [1.165, 1.54) is 5.56 Å². The molecule has 1 aromatic carbocycles. The van der Waals surface area contributed by atoms with Crippen molar-refractivity contribution in [2.75, 3.05) is 0 Å². The average Bonchev–Trinajstić information content (AvgIpc) is 1.98. The van der Waals surface area contributed by atoms with E-state index in [9.17, 15) is 0 Å². The van der Waals surface area contributed by atoms with Gasteiger partial charge in [0.25, 0.3) is 0 Å². The van der Waals surface area contributed by atoms with E-state index in [-0.39, 0.29) is 53.8 Å². The normalized spacial score (nSPS) is 9.08. The van der Waals surface area contributed by atoms with Crippen molar-refractivity contribution >= 4 is 15.9 Å². The summed E-state index contributed by atoms with van der Waals surface area (Å²) in [6.07, 6.45) is 4.59. The molecule has 0 bridgehead atoms. The van der Waals surface area contributed by atoms with Gasteiger partial charge in [-0.2, -0.15) is 0 Å². The van der Waals surface area contributed by atoms with E-state index in [2.05, 4.69) is 35.0 Å². The van der Waals surface area contributed by atoms with Crippen molar-refractivity contribution < 1.29 is 53.8 Å². The van der Waals surface area contributed by atoms with Gasteiger partial charge in [0.05, 0.1) is 0 Å². The summed E-state index contributed by atoms with van der Waals surface area (Å²) in [7, 11) is 0. The number of hydrogen-bond donors (Lipinski definition) is 0. The summed E-state index contributed by atoms with van der Waals surface area (Å²) in [6.45, 7) is 5.59. The number of halogens is 1. The Bertz CT molecular complexity index is 284. The molecular weight excluding hydrogens is 473 g/mol. The van der Waals surface area contributed by atoms with E-state index in [1.54, 1.807) is 6.08 Å². The minimum atomic E-state index is 0. The molecule has 1 radical (unpaired) electrons. The first-order valence-electron chi connectivity index (χ1n) is 3.29. The molecule has 0 aliphatic carbocycles. The fraction of sp³-hybridized carbons (Fsp3) is 0.100.